The van der Waals surface area contributed by atoms with Crippen LogP contribution in [-0.4, -0.2) is 47.3 Å². The van der Waals surface area contributed by atoms with Crippen LogP contribution in [0.25, 0.3) is 0 Å². The van der Waals surface area contributed by atoms with E-state index in [4.69, 9.17) is 4.42 Å². The lowest BCUT2D eigenvalue weighted by Gasteiger charge is -2.43. The normalized spacial score (nSPS) is 22.6. The zero-order chi connectivity index (χ0) is 17.4. The molecule has 3 heterocycles. The Bertz CT molecular complexity index is 762. The molecule has 0 saturated carbocycles. The Balaban J connectivity index is 1.49. The molecule has 2 aliphatic heterocycles. The van der Waals surface area contributed by atoms with Gasteiger partial charge in [-0.3, -0.25) is 9.59 Å². The summed E-state index contributed by atoms with van der Waals surface area (Å²) in [6, 6.07) is 13.4. The SMILES string of the molecule is CN1C(=O)[C@@H](c2ccccc2)CC12CCN(C(=O)c1ccco1)CC2. The summed E-state index contributed by atoms with van der Waals surface area (Å²) in [5.74, 6) is 0.441. The molecule has 0 aliphatic carbocycles. The maximum absolute atomic E-state index is 12.8. The molecule has 2 saturated heterocycles. The van der Waals surface area contributed by atoms with Gasteiger partial charge in [0.1, 0.15) is 0 Å². The van der Waals surface area contributed by atoms with Gasteiger partial charge in [0.2, 0.25) is 5.91 Å². The number of likely N-dealkylation sites (N-methyl/N-ethyl adjacent to an activating group) is 1. The first-order valence-electron chi connectivity index (χ1n) is 8.76. The smallest absolute Gasteiger partial charge is 0.289 e. The highest BCUT2D eigenvalue weighted by Crippen LogP contribution is 2.44. The van der Waals surface area contributed by atoms with Gasteiger partial charge in [0.05, 0.1) is 12.2 Å². The molecule has 0 unspecified atom stereocenters. The van der Waals surface area contributed by atoms with Crippen LogP contribution in [0.15, 0.2) is 53.1 Å². The van der Waals surface area contributed by atoms with Gasteiger partial charge in [-0.1, -0.05) is 30.3 Å². The first-order chi connectivity index (χ1) is 12.1. The number of amides is 2. The predicted molar refractivity (Wildman–Crippen MR) is 93.1 cm³/mol. The minimum absolute atomic E-state index is 0.0635. The Kier molecular flexibility index (Phi) is 3.86. The van der Waals surface area contributed by atoms with Crippen LogP contribution >= 0.6 is 0 Å². The molecule has 1 atom stereocenters. The number of rotatable bonds is 2. The lowest BCUT2D eigenvalue weighted by Crippen LogP contribution is -2.52. The molecule has 5 heteroatoms. The van der Waals surface area contributed by atoms with E-state index >= 15 is 0 Å². The van der Waals surface area contributed by atoms with E-state index in [1.807, 2.05) is 47.2 Å². The number of hydrogen-bond acceptors (Lipinski definition) is 3. The fourth-order valence-electron chi connectivity index (χ4n) is 4.24. The summed E-state index contributed by atoms with van der Waals surface area (Å²) < 4.78 is 5.22. The summed E-state index contributed by atoms with van der Waals surface area (Å²) in [6.45, 7) is 1.30. The fourth-order valence-corrected chi connectivity index (χ4v) is 4.24. The molecule has 2 amide bonds. The zero-order valence-electron chi connectivity index (χ0n) is 14.4. The molecule has 0 bridgehead atoms. The molecular formula is C20H22N2O3. The van der Waals surface area contributed by atoms with Crippen molar-refractivity contribution in [1.82, 2.24) is 9.80 Å². The third-order valence-corrected chi connectivity index (χ3v) is 5.84. The molecule has 0 radical (unpaired) electrons. The summed E-state index contributed by atoms with van der Waals surface area (Å²) in [5, 5.41) is 0. The number of carbonyl (C=O) groups is 2. The number of carbonyl (C=O) groups excluding carboxylic acids is 2. The van der Waals surface area contributed by atoms with Crippen LogP contribution in [0.2, 0.25) is 0 Å². The fraction of sp³-hybridized carbons (Fsp3) is 0.400. The van der Waals surface area contributed by atoms with Crippen molar-refractivity contribution in [3.8, 4) is 0 Å². The van der Waals surface area contributed by atoms with Crippen molar-refractivity contribution < 1.29 is 14.0 Å². The van der Waals surface area contributed by atoms with Crippen molar-refractivity contribution in [2.45, 2.75) is 30.7 Å². The summed E-state index contributed by atoms with van der Waals surface area (Å²) in [6.07, 6.45) is 3.97. The molecule has 0 N–H and O–H groups in total. The first kappa shape index (κ1) is 15.9. The van der Waals surface area contributed by atoms with E-state index < -0.39 is 0 Å². The predicted octanol–water partition coefficient (Wildman–Crippen LogP) is 2.90. The molecule has 2 aromatic rings. The van der Waals surface area contributed by atoms with E-state index in [1.165, 1.54) is 6.26 Å². The number of nitrogens with zero attached hydrogens (tertiary/aromatic N) is 2. The monoisotopic (exact) mass is 338 g/mol. The largest absolute Gasteiger partial charge is 0.459 e. The minimum atomic E-state index is -0.141. The standard InChI is InChI=1S/C20H22N2O3/c1-21-18(23)16(15-6-3-2-4-7-15)14-20(21)9-11-22(12-10-20)19(24)17-8-5-13-25-17/h2-8,13,16H,9-12,14H2,1H3/t16-/m1/s1. The summed E-state index contributed by atoms with van der Waals surface area (Å²) in [7, 11) is 1.91. The molecule has 2 aliphatic rings. The van der Waals surface area contributed by atoms with Crippen LogP contribution in [0.1, 0.15) is 41.3 Å². The second-order valence-corrected chi connectivity index (χ2v) is 7.06. The Morgan fingerprint density at radius 2 is 1.84 bits per heavy atom. The van der Waals surface area contributed by atoms with Gasteiger partial charge in [-0.05, 0) is 37.0 Å². The second-order valence-electron chi connectivity index (χ2n) is 7.06. The van der Waals surface area contributed by atoms with Gasteiger partial charge < -0.3 is 14.2 Å². The number of likely N-dealkylation sites (tertiary alicyclic amines) is 2. The number of benzene rings is 1. The van der Waals surface area contributed by atoms with Crippen molar-refractivity contribution in [2.75, 3.05) is 20.1 Å². The van der Waals surface area contributed by atoms with Crippen LogP contribution in [0.4, 0.5) is 0 Å². The average molecular weight is 338 g/mol. The van der Waals surface area contributed by atoms with Gasteiger partial charge in [0.15, 0.2) is 5.76 Å². The summed E-state index contributed by atoms with van der Waals surface area (Å²) in [4.78, 5) is 29.0. The molecule has 1 aromatic heterocycles. The Hall–Kier alpha value is -2.56. The number of furan rings is 1. The van der Waals surface area contributed by atoms with Crippen molar-refractivity contribution in [2.24, 2.45) is 0 Å². The van der Waals surface area contributed by atoms with Gasteiger partial charge in [-0.15, -0.1) is 0 Å². The van der Waals surface area contributed by atoms with Crippen LogP contribution in [0, 0.1) is 0 Å². The molecule has 5 nitrogen and oxygen atoms in total. The van der Waals surface area contributed by atoms with E-state index in [0.717, 1.165) is 24.8 Å². The number of hydrogen-bond donors (Lipinski definition) is 0. The van der Waals surface area contributed by atoms with Gasteiger partial charge in [-0.25, -0.2) is 0 Å². The zero-order valence-corrected chi connectivity index (χ0v) is 14.4. The highest BCUT2D eigenvalue weighted by Gasteiger charge is 2.50. The molecule has 1 spiro atoms. The van der Waals surface area contributed by atoms with Crippen molar-refractivity contribution in [3.63, 3.8) is 0 Å². The van der Waals surface area contributed by atoms with Gasteiger partial charge in [0, 0.05) is 25.7 Å². The van der Waals surface area contributed by atoms with Crippen LogP contribution in [0.5, 0.6) is 0 Å². The molecule has 4 rings (SSSR count). The van der Waals surface area contributed by atoms with E-state index in [2.05, 4.69) is 0 Å². The topological polar surface area (TPSA) is 53.8 Å². The van der Waals surface area contributed by atoms with Crippen LogP contribution < -0.4 is 0 Å². The lowest BCUT2D eigenvalue weighted by atomic mass is 9.81. The molecule has 1 aromatic carbocycles. The quantitative estimate of drug-likeness (QED) is 0.846. The van der Waals surface area contributed by atoms with E-state index in [9.17, 15) is 9.59 Å². The van der Waals surface area contributed by atoms with E-state index in [0.29, 0.717) is 18.8 Å². The number of piperidine rings is 1. The van der Waals surface area contributed by atoms with Crippen molar-refractivity contribution in [1.29, 1.82) is 0 Å². The van der Waals surface area contributed by atoms with E-state index in [1.54, 1.807) is 12.1 Å². The summed E-state index contributed by atoms with van der Waals surface area (Å²) >= 11 is 0. The van der Waals surface area contributed by atoms with Crippen molar-refractivity contribution in [3.05, 3.63) is 60.1 Å². The Morgan fingerprint density at radius 1 is 1.12 bits per heavy atom. The molecule has 2 fully saturated rings. The third-order valence-electron chi connectivity index (χ3n) is 5.84. The highest BCUT2D eigenvalue weighted by molar-refractivity contribution is 5.91. The summed E-state index contributed by atoms with van der Waals surface area (Å²) in [5.41, 5.74) is 0.947. The molecular weight excluding hydrogens is 316 g/mol. The van der Waals surface area contributed by atoms with Crippen LogP contribution in [-0.2, 0) is 4.79 Å². The minimum Gasteiger partial charge on any atom is -0.459 e. The van der Waals surface area contributed by atoms with Gasteiger partial charge in [-0.2, -0.15) is 0 Å². The average Bonchev–Trinajstić information content (AvgIpc) is 3.27. The maximum Gasteiger partial charge on any atom is 0.289 e. The maximum atomic E-state index is 12.8. The Labute approximate surface area is 147 Å². The lowest BCUT2D eigenvalue weighted by molar-refractivity contribution is -0.131. The first-order valence-corrected chi connectivity index (χ1v) is 8.76. The second kappa shape index (κ2) is 6.06. The van der Waals surface area contributed by atoms with Gasteiger partial charge >= 0.3 is 0 Å². The highest BCUT2D eigenvalue weighted by atomic mass is 16.3. The van der Waals surface area contributed by atoms with Gasteiger partial charge in [0.25, 0.3) is 5.91 Å². The van der Waals surface area contributed by atoms with Crippen molar-refractivity contribution >= 4 is 11.8 Å². The van der Waals surface area contributed by atoms with Crippen LogP contribution in [0.3, 0.4) is 0 Å². The Morgan fingerprint density at radius 3 is 2.48 bits per heavy atom. The van der Waals surface area contributed by atoms with E-state index in [-0.39, 0.29) is 23.3 Å². The molecule has 25 heavy (non-hydrogen) atoms. The molecule has 130 valence electrons. The third kappa shape index (κ3) is 2.64.